The molecule has 2 aromatic heterocycles. The number of aromatic nitrogens is 4. The highest BCUT2D eigenvalue weighted by atomic mass is 35.5. The number of rotatable bonds is 5. The van der Waals surface area contributed by atoms with Crippen molar-refractivity contribution < 1.29 is 4.39 Å². The number of hydrogen-bond acceptors (Lipinski definition) is 6. The predicted octanol–water partition coefficient (Wildman–Crippen LogP) is 2.75. The van der Waals surface area contributed by atoms with E-state index in [0.717, 1.165) is 55.4 Å². The van der Waals surface area contributed by atoms with Crippen LogP contribution in [0, 0.1) is 17.1 Å². The zero-order chi connectivity index (χ0) is 19.3. The number of piperazine rings is 1. The van der Waals surface area contributed by atoms with E-state index in [9.17, 15) is 4.39 Å². The fourth-order valence-corrected chi connectivity index (χ4v) is 3.40. The van der Waals surface area contributed by atoms with Gasteiger partial charge in [0.15, 0.2) is 5.82 Å². The molecule has 0 saturated carbocycles. The summed E-state index contributed by atoms with van der Waals surface area (Å²) in [6.45, 7) is 4.53. The largest absolute Gasteiger partial charge is 0.352 e. The fraction of sp³-hybridized carbons (Fsp3) is 0.300. The van der Waals surface area contributed by atoms with Gasteiger partial charge in [0.1, 0.15) is 18.1 Å². The number of hydrogen-bond donors (Lipinski definition) is 0. The maximum atomic E-state index is 13.3. The first-order valence-electron chi connectivity index (χ1n) is 9.15. The molecule has 0 spiro atoms. The predicted molar refractivity (Wildman–Crippen MR) is 110 cm³/mol. The number of nitrogens with zero attached hydrogens (tertiary/aromatic N) is 7. The molecule has 7 nitrogen and oxygen atoms in total. The van der Waals surface area contributed by atoms with Crippen molar-refractivity contribution in [1.29, 1.82) is 5.26 Å². The molecule has 1 fully saturated rings. The minimum absolute atomic E-state index is 0. The first kappa shape index (κ1) is 20.7. The lowest BCUT2D eigenvalue weighted by atomic mass is 10.1. The molecule has 0 unspecified atom stereocenters. The van der Waals surface area contributed by atoms with Crippen molar-refractivity contribution in [2.75, 3.05) is 31.1 Å². The van der Waals surface area contributed by atoms with Crippen molar-refractivity contribution in [3.63, 3.8) is 0 Å². The average molecular weight is 414 g/mol. The summed E-state index contributed by atoms with van der Waals surface area (Å²) >= 11 is 0. The van der Waals surface area contributed by atoms with Crippen LogP contribution in [-0.4, -0.2) is 50.8 Å². The third-order valence-corrected chi connectivity index (χ3v) is 4.79. The van der Waals surface area contributed by atoms with E-state index in [1.54, 1.807) is 29.2 Å². The van der Waals surface area contributed by atoms with Crippen molar-refractivity contribution in [3.05, 3.63) is 60.4 Å². The van der Waals surface area contributed by atoms with Crippen LogP contribution >= 0.6 is 12.4 Å². The lowest BCUT2D eigenvalue weighted by Crippen LogP contribution is -2.46. The van der Waals surface area contributed by atoms with E-state index in [1.165, 1.54) is 12.1 Å². The molecule has 3 aromatic rings. The standard InChI is InChI=1S/C20H20FN7.ClH/c21-18-3-1-17(2-4-18)19-20(24-7-6-23-19)27-11-9-26(10-12-27)14-16-13-25-28(15-16)8-5-22;/h1-4,6-7,13,15H,8-12,14H2;1H. The summed E-state index contributed by atoms with van der Waals surface area (Å²) in [6, 6.07) is 8.45. The van der Waals surface area contributed by atoms with E-state index >= 15 is 0 Å². The molecule has 1 saturated heterocycles. The third-order valence-electron chi connectivity index (χ3n) is 4.79. The summed E-state index contributed by atoms with van der Waals surface area (Å²) < 4.78 is 14.9. The summed E-state index contributed by atoms with van der Waals surface area (Å²) in [4.78, 5) is 13.6. The summed E-state index contributed by atoms with van der Waals surface area (Å²) in [5.41, 5.74) is 2.74. The highest BCUT2D eigenvalue weighted by Gasteiger charge is 2.21. The summed E-state index contributed by atoms with van der Waals surface area (Å²) in [6.07, 6.45) is 7.10. The molecule has 0 aliphatic carbocycles. The quantitative estimate of drug-likeness (QED) is 0.640. The first-order chi connectivity index (χ1) is 13.7. The molecular weight excluding hydrogens is 393 g/mol. The Kier molecular flexibility index (Phi) is 6.75. The molecule has 150 valence electrons. The molecule has 0 radical (unpaired) electrons. The van der Waals surface area contributed by atoms with Gasteiger partial charge in [0, 0.05) is 62.4 Å². The summed E-state index contributed by atoms with van der Waals surface area (Å²) in [5.74, 6) is 0.566. The van der Waals surface area contributed by atoms with E-state index in [2.05, 4.69) is 30.9 Å². The third kappa shape index (κ3) is 4.88. The van der Waals surface area contributed by atoms with Gasteiger partial charge < -0.3 is 4.90 Å². The zero-order valence-electron chi connectivity index (χ0n) is 15.8. The van der Waals surface area contributed by atoms with Crippen LogP contribution in [0.4, 0.5) is 10.2 Å². The number of halogens is 2. The second-order valence-corrected chi connectivity index (χ2v) is 6.70. The van der Waals surface area contributed by atoms with Gasteiger partial charge in [0.2, 0.25) is 0 Å². The van der Waals surface area contributed by atoms with Crippen molar-refractivity contribution in [1.82, 2.24) is 24.6 Å². The Morgan fingerprint density at radius 1 is 1.03 bits per heavy atom. The molecule has 0 N–H and O–H groups in total. The second kappa shape index (κ2) is 9.45. The number of benzene rings is 1. The molecule has 0 bridgehead atoms. The van der Waals surface area contributed by atoms with E-state index in [4.69, 9.17) is 5.26 Å². The maximum Gasteiger partial charge on any atom is 0.155 e. The SMILES string of the molecule is Cl.N#CCn1cc(CN2CCN(c3nccnc3-c3ccc(F)cc3)CC2)cn1. The van der Waals surface area contributed by atoms with Crippen LogP contribution in [0.15, 0.2) is 49.1 Å². The molecule has 0 amide bonds. The first-order valence-corrected chi connectivity index (χ1v) is 9.15. The van der Waals surface area contributed by atoms with E-state index in [0.29, 0.717) is 0 Å². The molecule has 9 heteroatoms. The van der Waals surface area contributed by atoms with Gasteiger partial charge in [0.25, 0.3) is 0 Å². The molecule has 1 aliphatic heterocycles. The Morgan fingerprint density at radius 3 is 2.48 bits per heavy atom. The number of anilines is 1. The highest BCUT2D eigenvalue weighted by Crippen LogP contribution is 2.27. The van der Waals surface area contributed by atoms with Gasteiger partial charge in [0.05, 0.1) is 12.3 Å². The van der Waals surface area contributed by atoms with Crippen molar-refractivity contribution in [2.24, 2.45) is 0 Å². The molecule has 0 atom stereocenters. The lowest BCUT2D eigenvalue weighted by Gasteiger charge is -2.35. The maximum absolute atomic E-state index is 13.3. The minimum Gasteiger partial charge on any atom is -0.352 e. The zero-order valence-corrected chi connectivity index (χ0v) is 16.6. The van der Waals surface area contributed by atoms with E-state index < -0.39 is 0 Å². The molecule has 1 aromatic carbocycles. The molecule has 29 heavy (non-hydrogen) atoms. The molecule has 1 aliphatic rings. The summed E-state index contributed by atoms with van der Waals surface area (Å²) in [5, 5.41) is 12.9. The monoisotopic (exact) mass is 413 g/mol. The molecular formula is C20H21ClFN7. The van der Waals surface area contributed by atoms with Crippen LogP contribution in [0.25, 0.3) is 11.3 Å². The van der Waals surface area contributed by atoms with Crippen molar-refractivity contribution in [2.45, 2.75) is 13.1 Å². The Hall–Kier alpha value is -3.02. The van der Waals surface area contributed by atoms with Gasteiger partial charge in [-0.25, -0.2) is 9.37 Å². The van der Waals surface area contributed by atoms with Gasteiger partial charge in [-0.05, 0) is 24.3 Å². The Labute approximate surface area is 174 Å². The minimum atomic E-state index is -0.263. The Morgan fingerprint density at radius 2 is 1.76 bits per heavy atom. The number of nitriles is 1. The molecule has 4 rings (SSSR count). The van der Waals surface area contributed by atoms with Crippen molar-refractivity contribution in [3.8, 4) is 17.3 Å². The van der Waals surface area contributed by atoms with Gasteiger partial charge in [-0.2, -0.15) is 10.4 Å². The van der Waals surface area contributed by atoms with Crippen molar-refractivity contribution >= 4 is 18.2 Å². The van der Waals surface area contributed by atoms with Gasteiger partial charge in [-0.15, -0.1) is 12.4 Å². The van der Waals surface area contributed by atoms with Crippen LogP contribution in [0.2, 0.25) is 0 Å². The Bertz CT molecular complexity index is 975. The fourth-order valence-electron chi connectivity index (χ4n) is 3.40. The van der Waals surface area contributed by atoms with Gasteiger partial charge >= 0.3 is 0 Å². The van der Waals surface area contributed by atoms with Crippen LogP contribution in [0.1, 0.15) is 5.56 Å². The summed E-state index contributed by atoms with van der Waals surface area (Å²) in [7, 11) is 0. The topological polar surface area (TPSA) is 73.9 Å². The van der Waals surface area contributed by atoms with E-state index in [-0.39, 0.29) is 24.8 Å². The average Bonchev–Trinajstić information content (AvgIpc) is 3.16. The van der Waals surface area contributed by atoms with Crippen LogP contribution in [0.5, 0.6) is 0 Å². The van der Waals surface area contributed by atoms with Gasteiger partial charge in [-0.3, -0.25) is 14.6 Å². The van der Waals surface area contributed by atoms with Crippen LogP contribution in [-0.2, 0) is 13.1 Å². The van der Waals surface area contributed by atoms with Gasteiger partial charge in [-0.1, -0.05) is 0 Å². The van der Waals surface area contributed by atoms with Crippen LogP contribution < -0.4 is 4.90 Å². The van der Waals surface area contributed by atoms with E-state index in [1.807, 2.05) is 12.4 Å². The Balaban J connectivity index is 0.00000240. The second-order valence-electron chi connectivity index (χ2n) is 6.70. The normalized spacial score (nSPS) is 14.3. The molecule has 3 heterocycles. The smallest absolute Gasteiger partial charge is 0.155 e. The lowest BCUT2D eigenvalue weighted by molar-refractivity contribution is 0.249. The van der Waals surface area contributed by atoms with Crippen LogP contribution in [0.3, 0.4) is 0 Å². The highest BCUT2D eigenvalue weighted by molar-refractivity contribution is 5.85.